The second-order valence-electron chi connectivity index (χ2n) is 3.83. The van der Waals surface area contributed by atoms with Crippen molar-refractivity contribution < 1.29 is 10.2 Å². The van der Waals surface area contributed by atoms with E-state index >= 15 is 0 Å². The summed E-state index contributed by atoms with van der Waals surface area (Å²) in [6, 6.07) is 0. The van der Waals surface area contributed by atoms with Gasteiger partial charge < -0.3 is 10.2 Å². The molecule has 0 aromatic carbocycles. The molecule has 1 aliphatic carbocycles. The van der Waals surface area contributed by atoms with Crippen molar-refractivity contribution in [2.45, 2.75) is 43.8 Å². The summed E-state index contributed by atoms with van der Waals surface area (Å²) in [6.07, 6.45) is 6.69. The predicted octanol–water partition coefficient (Wildman–Crippen LogP) is 0.683. The van der Waals surface area contributed by atoms with Crippen LogP contribution in [0, 0.1) is 36.0 Å². The number of rotatable bonds is 0. The molecule has 78 valence electrons. The summed E-state index contributed by atoms with van der Waals surface area (Å²) in [5.41, 5.74) is -2.01. The van der Waals surface area contributed by atoms with Crippen molar-refractivity contribution >= 4 is 0 Å². The van der Waals surface area contributed by atoms with Crippen LogP contribution >= 0.6 is 0 Å². The lowest BCUT2D eigenvalue weighted by Gasteiger charge is -2.35. The fourth-order valence-electron chi connectivity index (χ4n) is 1.71. The van der Waals surface area contributed by atoms with Gasteiger partial charge in [0.25, 0.3) is 0 Å². The van der Waals surface area contributed by atoms with Gasteiger partial charge in [-0.3, -0.25) is 0 Å². The Morgan fingerprint density at radius 1 is 1.00 bits per heavy atom. The molecule has 2 nitrogen and oxygen atoms in total. The molecule has 0 spiro atoms. The normalized spacial score (nSPS) is 34.0. The molecule has 0 unspecified atom stereocenters. The van der Waals surface area contributed by atoms with Crippen LogP contribution in [-0.4, -0.2) is 21.4 Å². The third-order valence-corrected chi connectivity index (χ3v) is 2.63. The molecule has 0 radical (unpaired) electrons. The Hall–Kier alpha value is -1.40. The van der Waals surface area contributed by atoms with E-state index < -0.39 is 11.2 Å². The SMILES string of the molecule is C#CC#CC1(O)CCC(O)(C#CC)CC1. The van der Waals surface area contributed by atoms with Crippen LogP contribution in [0.2, 0.25) is 0 Å². The van der Waals surface area contributed by atoms with Crippen molar-refractivity contribution in [1.82, 2.24) is 0 Å². The monoisotopic (exact) mass is 202 g/mol. The number of hydrogen-bond acceptors (Lipinski definition) is 2. The van der Waals surface area contributed by atoms with Crippen molar-refractivity contribution in [2.24, 2.45) is 0 Å². The van der Waals surface area contributed by atoms with Gasteiger partial charge in [0, 0.05) is 0 Å². The van der Waals surface area contributed by atoms with Crippen LogP contribution in [0.3, 0.4) is 0 Å². The number of terminal acetylenes is 1. The lowest BCUT2D eigenvalue weighted by molar-refractivity contribution is -0.0219. The molecule has 0 aliphatic heterocycles. The molecule has 0 aromatic heterocycles. The van der Waals surface area contributed by atoms with Gasteiger partial charge in [-0.15, -0.1) is 12.3 Å². The van der Waals surface area contributed by atoms with Gasteiger partial charge in [-0.2, -0.15) is 0 Å². The van der Waals surface area contributed by atoms with E-state index in [9.17, 15) is 10.2 Å². The first kappa shape index (κ1) is 11.7. The molecule has 0 heterocycles. The fourth-order valence-corrected chi connectivity index (χ4v) is 1.71. The predicted molar refractivity (Wildman–Crippen MR) is 58.4 cm³/mol. The zero-order valence-corrected chi connectivity index (χ0v) is 8.80. The van der Waals surface area contributed by atoms with Gasteiger partial charge in [-0.25, -0.2) is 0 Å². The maximum Gasteiger partial charge on any atom is 0.126 e. The van der Waals surface area contributed by atoms with Crippen LogP contribution in [0.4, 0.5) is 0 Å². The third kappa shape index (κ3) is 3.03. The van der Waals surface area contributed by atoms with Crippen LogP contribution in [0.1, 0.15) is 32.6 Å². The molecule has 2 heteroatoms. The van der Waals surface area contributed by atoms with Gasteiger partial charge in [0.2, 0.25) is 0 Å². The van der Waals surface area contributed by atoms with Crippen molar-refractivity contribution in [1.29, 1.82) is 0 Å². The quantitative estimate of drug-likeness (QED) is 0.567. The van der Waals surface area contributed by atoms with E-state index in [-0.39, 0.29) is 0 Å². The molecule has 1 saturated carbocycles. The minimum Gasteiger partial charge on any atom is -0.378 e. The highest BCUT2D eigenvalue weighted by Crippen LogP contribution is 2.34. The highest BCUT2D eigenvalue weighted by Gasteiger charge is 2.38. The Morgan fingerprint density at radius 2 is 1.47 bits per heavy atom. The molecule has 0 saturated heterocycles. The molecule has 1 rings (SSSR count). The lowest BCUT2D eigenvalue weighted by Crippen LogP contribution is -2.41. The van der Waals surface area contributed by atoms with E-state index in [1.54, 1.807) is 6.92 Å². The fraction of sp³-hybridized carbons (Fsp3) is 0.538. The first-order valence-electron chi connectivity index (χ1n) is 4.90. The average Bonchev–Trinajstić information content (AvgIpc) is 2.21. The van der Waals surface area contributed by atoms with Gasteiger partial charge in [0.15, 0.2) is 0 Å². The van der Waals surface area contributed by atoms with Gasteiger partial charge >= 0.3 is 0 Å². The zero-order chi connectivity index (χ0) is 11.4. The Bertz CT molecular complexity index is 384. The molecule has 15 heavy (non-hydrogen) atoms. The number of aliphatic hydroxyl groups is 2. The first-order valence-corrected chi connectivity index (χ1v) is 4.90. The molecular weight excluding hydrogens is 188 g/mol. The van der Waals surface area contributed by atoms with Crippen LogP contribution in [0.15, 0.2) is 0 Å². The van der Waals surface area contributed by atoms with Crippen LogP contribution in [0.5, 0.6) is 0 Å². The first-order chi connectivity index (χ1) is 7.04. The van der Waals surface area contributed by atoms with Crippen LogP contribution < -0.4 is 0 Å². The third-order valence-electron chi connectivity index (χ3n) is 2.63. The van der Waals surface area contributed by atoms with E-state index in [1.807, 2.05) is 0 Å². The van der Waals surface area contributed by atoms with Gasteiger partial charge in [0.1, 0.15) is 11.2 Å². The lowest BCUT2D eigenvalue weighted by atomic mass is 9.76. The largest absolute Gasteiger partial charge is 0.378 e. The summed E-state index contributed by atoms with van der Waals surface area (Å²) in [5.74, 6) is 12.7. The zero-order valence-electron chi connectivity index (χ0n) is 8.80. The molecular formula is C13H14O2. The van der Waals surface area contributed by atoms with E-state index in [4.69, 9.17) is 6.42 Å². The van der Waals surface area contributed by atoms with Gasteiger partial charge in [-0.1, -0.05) is 11.8 Å². The topological polar surface area (TPSA) is 40.5 Å². The highest BCUT2D eigenvalue weighted by molar-refractivity contribution is 5.29. The molecule has 0 aromatic rings. The summed E-state index contributed by atoms with van der Waals surface area (Å²) in [5, 5.41) is 19.9. The molecule has 2 N–H and O–H groups in total. The summed E-state index contributed by atoms with van der Waals surface area (Å²) < 4.78 is 0. The van der Waals surface area contributed by atoms with Crippen molar-refractivity contribution in [3.63, 3.8) is 0 Å². The minimum atomic E-state index is -1.05. The summed E-state index contributed by atoms with van der Waals surface area (Å²) >= 11 is 0. The standard InChI is InChI=1S/C13H14O2/c1-3-5-7-13(15)10-8-12(14,6-4-2)9-11-13/h1,14-15H,8-11H2,2H3. The second-order valence-corrected chi connectivity index (χ2v) is 3.83. The molecule has 0 bridgehead atoms. The average molecular weight is 202 g/mol. The Morgan fingerprint density at radius 3 is 1.87 bits per heavy atom. The number of hydrogen-bond donors (Lipinski definition) is 2. The van der Waals surface area contributed by atoms with Gasteiger partial charge in [0.05, 0.1) is 0 Å². The van der Waals surface area contributed by atoms with E-state index in [1.165, 1.54) is 0 Å². The Balaban J connectivity index is 2.70. The Labute approximate surface area is 90.7 Å². The summed E-state index contributed by atoms with van der Waals surface area (Å²) in [6.45, 7) is 1.69. The maximum absolute atomic E-state index is 9.97. The smallest absolute Gasteiger partial charge is 0.126 e. The van der Waals surface area contributed by atoms with Crippen molar-refractivity contribution in [3.8, 4) is 36.0 Å². The van der Waals surface area contributed by atoms with Crippen molar-refractivity contribution in [3.05, 3.63) is 0 Å². The Kier molecular flexibility index (Phi) is 3.43. The van der Waals surface area contributed by atoms with E-state index in [2.05, 4.69) is 29.6 Å². The summed E-state index contributed by atoms with van der Waals surface area (Å²) in [7, 11) is 0. The van der Waals surface area contributed by atoms with E-state index in [0.717, 1.165) is 0 Å². The highest BCUT2D eigenvalue weighted by atomic mass is 16.3. The molecule has 0 amide bonds. The van der Waals surface area contributed by atoms with Crippen molar-refractivity contribution in [2.75, 3.05) is 0 Å². The molecule has 0 atom stereocenters. The van der Waals surface area contributed by atoms with E-state index in [0.29, 0.717) is 25.7 Å². The maximum atomic E-state index is 9.97. The van der Waals surface area contributed by atoms with Gasteiger partial charge in [-0.05, 0) is 44.4 Å². The minimum absolute atomic E-state index is 0.410. The molecule has 1 aliphatic rings. The van der Waals surface area contributed by atoms with Crippen LogP contribution in [0.25, 0.3) is 0 Å². The molecule has 1 fully saturated rings. The second kappa shape index (κ2) is 4.41. The summed E-state index contributed by atoms with van der Waals surface area (Å²) in [4.78, 5) is 0. The van der Waals surface area contributed by atoms with Crippen LogP contribution in [-0.2, 0) is 0 Å².